The van der Waals surface area contributed by atoms with Crippen LogP contribution in [0.5, 0.6) is 0 Å². The van der Waals surface area contributed by atoms with Gasteiger partial charge >= 0.3 is 6.09 Å². The van der Waals surface area contributed by atoms with Crippen molar-refractivity contribution >= 4 is 32.1 Å². The molecule has 0 saturated heterocycles. The van der Waals surface area contributed by atoms with Gasteiger partial charge in [0.05, 0.1) is 18.2 Å². The van der Waals surface area contributed by atoms with Crippen LogP contribution in [0.2, 0.25) is 18.1 Å². The van der Waals surface area contributed by atoms with Crippen molar-refractivity contribution in [3.05, 3.63) is 0 Å². The van der Waals surface area contributed by atoms with Gasteiger partial charge in [0.2, 0.25) is 17.7 Å². The van der Waals surface area contributed by atoms with Crippen LogP contribution in [0.25, 0.3) is 0 Å². The Kier molecular flexibility index (Phi) is 15.2. The summed E-state index contributed by atoms with van der Waals surface area (Å²) < 4.78 is 12.5. The molecule has 0 aliphatic carbocycles. The molecule has 12 heteroatoms. The Balaban J connectivity index is 6.33. The molecule has 0 heterocycles. The second-order valence-corrected chi connectivity index (χ2v) is 19.2. The molecule has 0 rings (SSSR count). The fourth-order valence-electron chi connectivity index (χ4n) is 4.18. The highest BCUT2D eigenvalue weighted by atomic mass is 28.4. The van der Waals surface area contributed by atoms with E-state index in [4.69, 9.17) is 14.9 Å². The fraction of sp³-hybridized carbons (Fsp3) is 0.867. The maximum Gasteiger partial charge on any atom is 0.407 e. The lowest BCUT2D eigenvalue weighted by atomic mass is 9.83. The van der Waals surface area contributed by atoms with Crippen LogP contribution < -0.4 is 21.7 Å². The number of nitrogens with two attached hydrogens (primary N) is 1. The van der Waals surface area contributed by atoms with Crippen molar-refractivity contribution in [2.24, 2.45) is 23.5 Å². The smallest absolute Gasteiger partial charge is 0.407 e. The average molecular weight is 617 g/mol. The number of primary amides is 1. The van der Waals surface area contributed by atoms with E-state index in [0.29, 0.717) is 12.8 Å². The molecule has 0 saturated carbocycles. The van der Waals surface area contributed by atoms with Gasteiger partial charge in [0.1, 0.15) is 17.7 Å². The quantitative estimate of drug-likeness (QED) is 0.174. The van der Waals surface area contributed by atoms with E-state index in [1.54, 1.807) is 20.8 Å². The van der Waals surface area contributed by atoms with Gasteiger partial charge in [-0.15, -0.1) is 0 Å². The van der Waals surface area contributed by atoms with E-state index < -0.39 is 68.1 Å². The molecule has 0 aliphatic rings. The predicted octanol–water partition coefficient (Wildman–Crippen LogP) is 3.83. The Morgan fingerprint density at radius 3 is 1.79 bits per heavy atom. The Labute approximate surface area is 254 Å². The number of carbonyl (C=O) groups excluding carboxylic acids is 4. The maximum absolute atomic E-state index is 13.7. The highest BCUT2D eigenvalue weighted by Gasteiger charge is 2.43. The molecule has 0 spiro atoms. The van der Waals surface area contributed by atoms with Crippen molar-refractivity contribution in [3.63, 3.8) is 0 Å². The third-order valence-electron chi connectivity index (χ3n) is 8.05. The molecule has 3 unspecified atom stereocenters. The van der Waals surface area contributed by atoms with E-state index in [1.165, 1.54) is 13.8 Å². The van der Waals surface area contributed by atoms with E-state index in [2.05, 4.69) is 49.8 Å². The summed E-state index contributed by atoms with van der Waals surface area (Å²) >= 11 is 0. The second kappa shape index (κ2) is 16.0. The second-order valence-electron chi connectivity index (χ2n) is 14.4. The Bertz CT molecular complexity index is 912. The van der Waals surface area contributed by atoms with E-state index in [1.807, 2.05) is 27.7 Å². The number of hydrogen-bond acceptors (Lipinski definition) is 7. The van der Waals surface area contributed by atoms with Crippen molar-refractivity contribution in [1.29, 1.82) is 0 Å². The minimum Gasteiger partial charge on any atom is -0.444 e. The molecule has 0 radical (unpaired) electrons. The van der Waals surface area contributed by atoms with Crippen LogP contribution in [0.1, 0.15) is 95.9 Å². The third-order valence-corrected chi connectivity index (χ3v) is 12.6. The fourth-order valence-corrected chi connectivity index (χ4v) is 5.54. The van der Waals surface area contributed by atoms with Crippen molar-refractivity contribution in [2.75, 3.05) is 0 Å². The van der Waals surface area contributed by atoms with Gasteiger partial charge in [-0.05, 0) is 71.0 Å². The average Bonchev–Trinajstić information content (AvgIpc) is 2.80. The Hall–Kier alpha value is -2.18. The third kappa shape index (κ3) is 13.0. The predicted molar refractivity (Wildman–Crippen MR) is 168 cm³/mol. The Morgan fingerprint density at radius 1 is 0.881 bits per heavy atom. The number of alkyl carbamates (subject to hydrolysis) is 1. The molecule has 246 valence electrons. The van der Waals surface area contributed by atoms with Gasteiger partial charge in [-0.2, -0.15) is 0 Å². The first kappa shape index (κ1) is 39.8. The van der Waals surface area contributed by atoms with Gasteiger partial charge in [0, 0.05) is 5.92 Å². The summed E-state index contributed by atoms with van der Waals surface area (Å²) in [5.41, 5.74) is 4.62. The minimum absolute atomic E-state index is 0.0381. The zero-order valence-electron chi connectivity index (χ0n) is 28.5. The van der Waals surface area contributed by atoms with Crippen molar-refractivity contribution in [1.82, 2.24) is 16.0 Å². The molecule has 0 aromatic rings. The summed E-state index contributed by atoms with van der Waals surface area (Å²) in [6.07, 6.45) is -1.26. The Morgan fingerprint density at radius 2 is 1.40 bits per heavy atom. The number of aliphatic hydroxyl groups is 1. The molecule has 0 aliphatic heterocycles. The van der Waals surface area contributed by atoms with Crippen LogP contribution in [0.15, 0.2) is 0 Å². The van der Waals surface area contributed by atoms with Gasteiger partial charge in [0.25, 0.3) is 0 Å². The summed E-state index contributed by atoms with van der Waals surface area (Å²) in [7, 11) is -2.37. The number of amides is 4. The molecular weight excluding hydrogens is 556 g/mol. The van der Waals surface area contributed by atoms with Crippen LogP contribution in [-0.2, 0) is 23.5 Å². The zero-order chi connectivity index (χ0) is 33.4. The SMILES string of the molecule is CCC(C)C(C[C@@H](O[Si](C)(C)C(C)(C)C)[C@@H](NC(=O)OC(C)(C)C)C(C)C)C(=O)N[C@@H](C)C(=O)N[C@H](C(N)=O)C(C)O. The van der Waals surface area contributed by atoms with Gasteiger partial charge in [-0.1, -0.05) is 54.9 Å². The van der Waals surface area contributed by atoms with Gasteiger partial charge in [-0.3, -0.25) is 14.4 Å². The molecule has 11 nitrogen and oxygen atoms in total. The molecule has 42 heavy (non-hydrogen) atoms. The summed E-state index contributed by atoms with van der Waals surface area (Å²) in [5.74, 6) is -2.53. The van der Waals surface area contributed by atoms with Crippen LogP contribution >= 0.6 is 0 Å². The lowest BCUT2D eigenvalue weighted by Gasteiger charge is -2.43. The highest BCUT2D eigenvalue weighted by molar-refractivity contribution is 6.74. The first-order valence-electron chi connectivity index (χ1n) is 15.1. The van der Waals surface area contributed by atoms with Crippen molar-refractivity contribution < 1.29 is 33.4 Å². The topological polar surface area (TPSA) is 169 Å². The van der Waals surface area contributed by atoms with Gasteiger partial charge < -0.3 is 36.0 Å². The molecule has 0 bridgehead atoms. The van der Waals surface area contributed by atoms with Gasteiger partial charge in [-0.25, -0.2) is 4.79 Å². The van der Waals surface area contributed by atoms with Crippen LogP contribution in [0, 0.1) is 17.8 Å². The largest absolute Gasteiger partial charge is 0.444 e. The number of ether oxygens (including phenoxy) is 1. The van der Waals surface area contributed by atoms with Gasteiger partial charge in [0.15, 0.2) is 8.32 Å². The minimum atomic E-state index is -2.37. The molecule has 0 aromatic carbocycles. The summed E-state index contributed by atoms with van der Waals surface area (Å²) in [6, 6.07) is -2.73. The molecule has 0 fully saturated rings. The molecule has 0 aromatic heterocycles. The van der Waals surface area contributed by atoms with Crippen molar-refractivity contribution in [2.45, 2.75) is 150 Å². The normalized spacial score (nSPS) is 17.7. The van der Waals surface area contributed by atoms with Crippen LogP contribution in [0.4, 0.5) is 4.79 Å². The van der Waals surface area contributed by atoms with E-state index in [-0.39, 0.29) is 22.8 Å². The maximum atomic E-state index is 13.7. The molecular formula is C30H60N4O7Si. The highest BCUT2D eigenvalue weighted by Crippen LogP contribution is 2.39. The standard InChI is InChI=1S/C30H60N4O7Si/c1-15-18(4)21(27(38)32-19(5)26(37)33-24(20(6)35)25(31)36)16-22(41-42(13,14)30(10,11)12)23(17(2)3)34-28(39)40-29(7,8)9/h17-24,35H,15-16H2,1-14H3,(H2,31,36)(H,32,38)(H,33,37)(H,34,39)/t18?,19-,20?,21?,22+,23-,24-/m0/s1. The molecule has 6 N–H and O–H groups in total. The van der Waals surface area contributed by atoms with E-state index >= 15 is 0 Å². The van der Waals surface area contributed by atoms with Crippen LogP contribution in [0.3, 0.4) is 0 Å². The summed E-state index contributed by atoms with van der Waals surface area (Å²) in [5, 5.41) is 17.9. The first-order chi connectivity index (χ1) is 18.8. The van der Waals surface area contributed by atoms with E-state index in [0.717, 1.165) is 0 Å². The number of carbonyl (C=O) groups is 4. The summed E-state index contributed by atoms with van der Waals surface area (Å²) in [4.78, 5) is 51.1. The summed E-state index contributed by atoms with van der Waals surface area (Å²) in [6.45, 7) is 26.9. The van der Waals surface area contributed by atoms with Crippen molar-refractivity contribution in [3.8, 4) is 0 Å². The number of hydrogen-bond donors (Lipinski definition) is 5. The number of nitrogens with one attached hydrogen (secondary N) is 3. The lowest BCUT2D eigenvalue weighted by molar-refractivity contribution is -0.134. The zero-order valence-corrected chi connectivity index (χ0v) is 29.5. The first-order valence-corrected chi connectivity index (χ1v) is 18.0. The lowest BCUT2D eigenvalue weighted by Crippen LogP contribution is -2.57. The molecule has 4 amide bonds. The van der Waals surface area contributed by atoms with Crippen LogP contribution in [-0.4, -0.2) is 73.2 Å². The molecule has 7 atom stereocenters. The van der Waals surface area contributed by atoms with E-state index in [9.17, 15) is 24.3 Å². The number of rotatable bonds is 15. The number of aliphatic hydroxyl groups excluding tert-OH is 1. The monoisotopic (exact) mass is 616 g/mol.